The molecule has 1 fully saturated rings. The van der Waals surface area contributed by atoms with Crippen LogP contribution in [0.5, 0.6) is 0 Å². The molecular formula is C4H8BrNO4. The van der Waals surface area contributed by atoms with E-state index in [4.69, 9.17) is 9.47 Å². The zero-order chi connectivity index (χ0) is 6.69. The molecular weight excluding hydrogens is 206 g/mol. The van der Waals surface area contributed by atoms with Crippen molar-refractivity contribution in [3.8, 4) is 0 Å². The second-order valence-electron chi connectivity index (χ2n) is 1.69. The fourth-order valence-electron chi connectivity index (χ4n) is 0.597. The Balaban J connectivity index is 0.000000810. The van der Waals surface area contributed by atoms with Gasteiger partial charge in [0.15, 0.2) is 0 Å². The van der Waals surface area contributed by atoms with E-state index in [0.717, 1.165) is 0 Å². The second kappa shape index (κ2) is 4.59. The first-order valence-corrected chi connectivity index (χ1v) is 2.63. The van der Waals surface area contributed by atoms with E-state index in [1.165, 1.54) is 0 Å². The maximum atomic E-state index is 9.95. The molecule has 0 N–H and O–H groups in total. The quantitative estimate of drug-likeness (QED) is 0.462. The van der Waals surface area contributed by atoms with E-state index in [-0.39, 0.29) is 23.6 Å². The van der Waals surface area contributed by atoms with E-state index in [1.54, 1.807) is 0 Å². The van der Waals surface area contributed by atoms with Crippen LogP contribution in [0.15, 0.2) is 0 Å². The van der Waals surface area contributed by atoms with Crippen LogP contribution >= 0.6 is 17.0 Å². The Labute approximate surface area is 68.2 Å². The first-order valence-electron chi connectivity index (χ1n) is 2.63. The fraction of sp³-hybridized carbons (Fsp3) is 1.00. The molecule has 0 amide bonds. The van der Waals surface area contributed by atoms with Gasteiger partial charge in [0.05, 0.1) is 18.1 Å². The van der Waals surface area contributed by atoms with Crippen molar-refractivity contribution >= 4 is 17.0 Å². The van der Waals surface area contributed by atoms with Crippen molar-refractivity contribution in [2.45, 2.75) is 6.23 Å². The molecule has 1 saturated heterocycles. The summed E-state index contributed by atoms with van der Waals surface area (Å²) in [4.78, 5) is 9.47. The number of ether oxygens (including phenoxy) is 2. The molecule has 6 heteroatoms. The number of nitrogens with zero attached hydrogens (tertiary/aromatic N) is 1. The van der Waals surface area contributed by atoms with Crippen LogP contribution in [0.2, 0.25) is 0 Å². The topological polar surface area (TPSA) is 61.6 Å². The number of rotatable bonds is 1. The Morgan fingerprint density at radius 1 is 1.50 bits per heavy atom. The van der Waals surface area contributed by atoms with Crippen molar-refractivity contribution in [2.75, 3.05) is 19.8 Å². The molecule has 0 aromatic heterocycles. The van der Waals surface area contributed by atoms with Gasteiger partial charge in [0, 0.05) is 0 Å². The van der Waals surface area contributed by atoms with Gasteiger partial charge >= 0.3 is 6.23 Å². The summed E-state index contributed by atoms with van der Waals surface area (Å²) >= 11 is 0. The molecule has 1 atom stereocenters. The van der Waals surface area contributed by atoms with Crippen LogP contribution in [0.3, 0.4) is 0 Å². The molecule has 0 radical (unpaired) electrons. The Morgan fingerprint density at radius 2 is 2.20 bits per heavy atom. The SMILES string of the molecule is Br.O=[N+]([O-])C1COCCO1. The second-order valence-corrected chi connectivity index (χ2v) is 1.69. The van der Waals surface area contributed by atoms with Crippen molar-refractivity contribution in [3.63, 3.8) is 0 Å². The van der Waals surface area contributed by atoms with Gasteiger partial charge in [-0.1, -0.05) is 0 Å². The zero-order valence-electron chi connectivity index (χ0n) is 5.19. The van der Waals surface area contributed by atoms with Gasteiger partial charge in [-0.05, 0) is 0 Å². The lowest BCUT2D eigenvalue weighted by Crippen LogP contribution is -2.34. The van der Waals surface area contributed by atoms with Crippen LogP contribution in [0, 0.1) is 10.1 Å². The summed E-state index contributed by atoms with van der Waals surface area (Å²) in [7, 11) is 0. The van der Waals surface area contributed by atoms with E-state index < -0.39 is 11.2 Å². The third kappa shape index (κ3) is 2.59. The van der Waals surface area contributed by atoms with E-state index in [9.17, 15) is 10.1 Å². The highest BCUT2D eigenvalue weighted by Crippen LogP contribution is 1.99. The normalized spacial score (nSPS) is 25.0. The molecule has 0 aliphatic carbocycles. The van der Waals surface area contributed by atoms with Crippen LogP contribution in [0.4, 0.5) is 0 Å². The van der Waals surface area contributed by atoms with Crippen molar-refractivity contribution in [3.05, 3.63) is 10.1 Å². The monoisotopic (exact) mass is 213 g/mol. The summed E-state index contributed by atoms with van der Waals surface area (Å²) in [6.07, 6.45) is -0.946. The molecule has 0 aromatic rings. The van der Waals surface area contributed by atoms with Gasteiger partial charge < -0.3 is 9.47 Å². The maximum Gasteiger partial charge on any atom is 0.338 e. The lowest BCUT2D eigenvalue weighted by Gasteiger charge is -2.15. The Kier molecular flexibility index (Phi) is 4.50. The first-order chi connectivity index (χ1) is 4.30. The Bertz CT molecular complexity index is 114. The molecule has 0 bridgehead atoms. The van der Waals surface area contributed by atoms with Gasteiger partial charge in [0.25, 0.3) is 0 Å². The number of halogens is 1. The van der Waals surface area contributed by atoms with Crippen molar-refractivity contribution < 1.29 is 14.4 Å². The fourth-order valence-corrected chi connectivity index (χ4v) is 0.597. The molecule has 1 heterocycles. The molecule has 0 aromatic carbocycles. The molecule has 1 rings (SSSR count). The summed E-state index contributed by atoms with van der Waals surface area (Å²) in [5, 5.41) is 9.95. The highest BCUT2D eigenvalue weighted by molar-refractivity contribution is 8.93. The van der Waals surface area contributed by atoms with Crippen LogP contribution in [0.25, 0.3) is 0 Å². The predicted molar refractivity (Wildman–Crippen MR) is 37.9 cm³/mol. The largest absolute Gasteiger partial charge is 0.369 e. The summed E-state index contributed by atoms with van der Waals surface area (Å²) in [5.41, 5.74) is 0. The van der Waals surface area contributed by atoms with Crippen molar-refractivity contribution in [2.24, 2.45) is 0 Å². The molecule has 60 valence electrons. The molecule has 1 aliphatic rings. The minimum atomic E-state index is -0.946. The van der Waals surface area contributed by atoms with Crippen LogP contribution < -0.4 is 0 Å². The molecule has 1 unspecified atom stereocenters. The summed E-state index contributed by atoms with van der Waals surface area (Å²) in [6, 6.07) is 0. The molecule has 0 saturated carbocycles. The van der Waals surface area contributed by atoms with Gasteiger partial charge in [0.1, 0.15) is 6.61 Å². The number of nitro groups is 1. The van der Waals surface area contributed by atoms with E-state index in [0.29, 0.717) is 13.2 Å². The molecule has 0 spiro atoms. The summed E-state index contributed by atoms with van der Waals surface area (Å²) in [6.45, 7) is 0.864. The van der Waals surface area contributed by atoms with E-state index in [2.05, 4.69) is 0 Å². The standard InChI is InChI=1S/C4H7NO4.BrH/c6-5(7)4-3-8-1-2-9-4;/h4H,1-3H2;1H. The lowest BCUT2D eigenvalue weighted by atomic mass is 10.5. The summed E-state index contributed by atoms with van der Waals surface area (Å²) < 4.78 is 9.49. The molecule has 10 heavy (non-hydrogen) atoms. The van der Waals surface area contributed by atoms with Crippen LogP contribution in [0.1, 0.15) is 0 Å². The van der Waals surface area contributed by atoms with Gasteiger partial charge in [-0.15, -0.1) is 17.0 Å². The molecule has 1 aliphatic heterocycles. The number of hydrogen-bond acceptors (Lipinski definition) is 4. The maximum absolute atomic E-state index is 9.95. The van der Waals surface area contributed by atoms with Gasteiger partial charge in [-0.25, -0.2) is 0 Å². The summed E-state index contributed by atoms with van der Waals surface area (Å²) in [5.74, 6) is 0. The number of hydrogen-bond donors (Lipinski definition) is 0. The third-order valence-corrected chi connectivity index (χ3v) is 1.03. The average Bonchev–Trinajstić information content (AvgIpc) is 1.90. The van der Waals surface area contributed by atoms with Crippen LogP contribution in [-0.2, 0) is 9.47 Å². The van der Waals surface area contributed by atoms with E-state index >= 15 is 0 Å². The van der Waals surface area contributed by atoms with Crippen molar-refractivity contribution in [1.29, 1.82) is 0 Å². The first kappa shape index (κ1) is 9.80. The lowest BCUT2D eigenvalue weighted by molar-refractivity contribution is -0.586. The van der Waals surface area contributed by atoms with Gasteiger partial charge in [-0.3, -0.25) is 10.1 Å². The molecule has 5 nitrogen and oxygen atoms in total. The average molecular weight is 214 g/mol. The highest BCUT2D eigenvalue weighted by Gasteiger charge is 2.23. The smallest absolute Gasteiger partial charge is 0.338 e. The predicted octanol–water partition coefficient (Wildman–Crippen LogP) is 0.214. The Hall–Kier alpha value is -0.200. The van der Waals surface area contributed by atoms with E-state index in [1.807, 2.05) is 0 Å². The van der Waals surface area contributed by atoms with Gasteiger partial charge in [0.2, 0.25) is 0 Å². The highest BCUT2D eigenvalue weighted by atomic mass is 79.9. The minimum absolute atomic E-state index is 0. The van der Waals surface area contributed by atoms with Gasteiger partial charge in [-0.2, -0.15) is 0 Å². The third-order valence-electron chi connectivity index (χ3n) is 1.03. The Morgan fingerprint density at radius 3 is 2.50 bits per heavy atom. The zero-order valence-corrected chi connectivity index (χ0v) is 6.90. The van der Waals surface area contributed by atoms with Crippen LogP contribution in [-0.4, -0.2) is 31.0 Å². The van der Waals surface area contributed by atoms with Crippen molar-refractivity contribution in [1.82, 2.24) is 0 Å². The minimum Gasteiger partial charge on any atom is -0.369 e.